The molecule has 4 nitrogen and oxygen atoms in total. The Balaban J connectivity index is 1.97. The van der Waals surface area contributed by atoms with Crippen LogP contribution in [0.1, 0.15) is 37.3 Å². The molecule has 1 aromatic rings. The second kappa shape index (κ2) is 6.67. The molecule has 1 N–H and O–H groups in total. The zero-order valence-electron chi connectivity index (χ0n) is 14.7. The van der Waals surface area contributed by atoms with Crippen molar-refractivity contribution in [1.29, 1.82) is 0 Å². The minimum Gasteiger partial charge on any atom is -0.480 e. The number of carbonyl (C=O) groups excluding carboxylic acids is 1. The maximum atomic E-state index is 15.1. The van der Waals surface area contributed by atoms with E-state index in [1.54, 1.807) is 6.92 Å². The second-order valence-electron chi connectivity index (χ2n) is 7.62. The minimum absolute atomic E-state index is 0.00679. The van der Waals surface area contributed by atoms with Crippen LogP contribution in [0.4, 0.5) is 22.0 Å². The first-order valence-corrected chi connectivity index (χ1v) is 9.35. The Morgan fingerprint density at radius 3 is 2.29 bits per heavy atom. The molecule has 1 saturated carbocycles. The lowest BCUT2D eigenvalue weighted by atomic mass is 9.89. The molecule has 1 aliphatic heterocycles. The van der Waals surface area contributed by atoms with Crippen LogP contribution >= 0.6 is 15.9 Å². The van der Waals surface area contributed by atoms with Gasteiger partial charge in [0.05, 0.1) is 5.56 Å². The second-order valence-corrected chi connectivity index (χ2v) is 8.53. The Morgan fingerprint density at radius 1 is 1.18 bits per heavy atom. The van der Waals surface area contributed by atoms with Crippen LogP contribution in [-0.2, 0) is 21.7 Å². The molecule has 28 heavy (non-hydrogen) atoms. The van der Waals surface area contributed by atoms with Crippen LogP contribution < -0.4 is 0 Å². The van der Waals surface area contributed by atoms with E-state index in [4.69, 9.17) is 0 Å². The molecule has 1 heterocycles. The van der Waals surface area contributed by atoms with Gasteiger partial charge in [0.15, 0.2) is 0 Å². The fourth-order valence-corrected chi connectivity index (χ4v) is 3.93. The molecule has 2 fully saturated rings. The molecule has 1 saturated heterocycles. The van der Waals surface area contributed by atoms with Gasteiger partial charge in [-0.25, -0.2) is 13.6 Å². The summed E-state index contributed by atoms with van der Waals surface area (Å²) in [6.07, 6.45) is -4.57. The van der Waals surface area contributed by atoms with E-state index < -0.39 is 65.4 Å². The van der Waals surface area contributed by atoms with Gasteiger partial charge in [-0.1, -0.05) is 28.9 Å². The summed E-state index contributed by atoms with van der Waals surface area (Å²) in [4.78, 5) is 25.0. The Hall–Kier alpha value is -1.71. The van der Waals surface area contributed by atoms with Crippen molar-refractivity contribution in [3.05, 3.63) is 33.8 Å². The van der Waals surface area contributed by atoms with Gasteiger partial charge in [-0.15, -0.1) is 0 Å². The third-order valence-corrected chi connectivity index (χ3v) is 6.02. The Morgan fingerprint density at radius 2 is 1.79 bits per heavy atom. The van der Waals surface area contributed by atoms with Crippen LogP contribution in [0.5, 0.6) is 0 Å². The molecule has 2 aliphatic rings. The molecule has 0 bridgehead atoms. The molecule has 1 aliphatic carbocycles. The highest BCUT2D eigenvalue weighted by atomic mass is 79.9. The third-order valence-electron chi connectivity index (χ3n) is 5.52. The van der Waals surface area contributed by atoms with E-state index >= 15 is 8.78 Å². The maximum Gasteiger partial charge on any atom is 0.416 e. The number of halogens is 6. The zero-order valence-corrected chi connectivity index (χ0v) is 16.3. The van der Waals surface area contributed by atoms with E-state index in [0.717, 1.165) is 11.0 Å². The SMILES string of the molecule is CC1(C(=O)N2C[C@H](C(F)(F)c3ccc(Br)cc3C(F)(F)F)C[C@H]2C(=O)O)CC1. The first-order chi connectivity index (χ1) is 12.8. The number of nitrogens with zero attached hydrogens (tertiary/aromatic N) is 1. The maximum absolute atomic E-state index is 15.1. The average molecular weight is 470 g/mol. The number of benzene rings is 1. The van der Waals surface area contributed by atoms with E-state index in [2.05, 4.69) is 15.9 Å². The van der Waals surface area contributed by atoms with Crippen LogP contribution in [0.15, 0.2) is 22.7 Å². The van der Waals surface area contributed by atoms with Gasteiger partial charge in [0.2, 0.25) is 5.91 Å². The third kappa shape index (κ3) is 3.62. The summed E-state index contributed by atoms with van der Waals surface area (Å²) >= 11 is 2.85. The van der Waals surface area contributed by atoms with Crippen LogP contribution in [0, 0.1) is 11.3 Å². The number of carboxylic acids is 1. The van der Waals surface area contributed by atoms with Crippen molar-refractivity contribution < 1.29 is 36.6 Å². The summed E-state index contributed by atoms with van der Waals surface area (Å²) < 4.78 is 70.2. The highest BCUT2D eigenvalue weighted by Crippen LogP contribution is 2.51. The first kappa shape index (κ1) is 21.0. The lowest BCUT2D eigenvalue weighted by molar-refractivity contribution is -0.150. The monoisotopic (exact) mass is 469 g/mol. The van der Waals surface area contributed by atoms with Gasteiger partial charge in [0.25, 0.3) is 5.92 Å². The van der Waals surface area contributed by atoms with Crippen molar-refractivity contribution in [3.63, 3.8) is 0 Å². The van der Waals surface area contributed by atoms with E-state index in [0.29, 0.717) is 25.0 Å². The van der Waals surface area contributed by atoms with Crippen molar-refractivity contribution in [3.8, 4) is 0 Å². The molecule has 0 aromatic heterocycles. The number of alkyl halides is 5. The summed E-state index contributed by atoms with van der Waals surface area (Å²) in [5, 5.41) is 9.37. The van der Waals surface area contributed by atoms with Gasteiger partial charge in [-0.2, -0.15) is 13.2 Å². The quantitative estimate of drug-likeness (QED) is 0.652. The van der Waals surface area contributed by atoms with Crippen LogP contribution in [0.2, 0.25) is 0 Å². The van der Waals surface area contributed by atoms with E-state index in [1.807, 2.05) is 0 Å². The van der Waals surface area contributed by atoms with Gasteiger partial charge in [-0.3, -0.25) is 4.79 Å². The van der Waals surface area contributed by atoms with E-state index in [9.17, 15) is 27.9 Å². The number of aliphatic carboxylic acids is 1. The number of likely N-dealkylation sites (tertiary alicyclic amines) is 1. The fraction of sp³-hybridized carbons (Fsp3) is 0.556. The van der Waals surface area contributed by atoms with Crippen LogP contribution in [-0.4, -0.2) is 34.5 Å². The van der Waals surface area contributed by atoms with Gasteiger partial charge >= 0.3 is 12.1 Å². The average Bonchev–Trinajstić information content (AvgIpc) is 3.17. The summed E-state index contributed by atoms with van der Waals surface area (Å²) in [6, 6.07) is 0.859. The molecule has 154 valence electrons. The number of amides is 1. The Bertz CT molecular complexity index is 822. The fourth-order valence-electron chi connectivity index (χ4n) is 3.57. The number of hydrogen-bond acceptors (Lipinski definition) is 2. The smallest absolute Gasteiger partial charge is 0.416 e. The number of carboxylic acid groups (broad SMARTS) is 1. The highest BCUT2D eigenvalue weighted by Gasteiger charge is 2.57. The lowest BCUT2D eigenvalue weighted by Gasteiger charge is -2.27. The molecule has 0 radical (unpaired) electrons. The predicted molar refractivity (Wildman–Crippen MR) is 91.6 cm³/mol. The standard InChI is InChI=1S/C18H17BrF5NO3/c1-16(4-5-16)15(28)25-8-9(6-13(25)14(26)27)17(20,21)11-3-2-10(19)7-12(11)18(22,23)24/h2-3,7,9,13H,4-6,8H2,1H3,(H,26,27)/t9-,13+/m1/s1. The van der Waals surface area contributed by atoms with Gasteiger partial charge in [-0.05, 0) is 31.4 Å². The van der Waals surface area contributed by atoms with Crippen molar-refractivity contribution in [2.45, 2.75) is 44.3 Å². The molecule has 2 atom stereocenters. The molecular formula is C18H17BrF5NO3. The first-order valence-electron chi connectivity index (χ1n) is 8.56. The summed E-state index contributed by atoms with van der Waals surface area (Å²) in [5.41, 5.74) is -3.48. The molecule has 10 heteroatoms. The molecular weight excluding hydrogens is 453 g/mol. The Kier molecular flexibility index (Phi) is 5.01. The van der Waals surface area contributed by atoms with Gasteiger partial charge < -0.3 is 10.0 Å². The highest BCUT2D eigenvalue weighted by molar-refractivity contribution is 9.10. The van der Waals surface area contributed by atoms with Gasteiger partial charge in [0.1, 0.15) is 6.04 Å². The van der Waals surface area contributed by atoms with E-state index in [1.165, 1.54) is 0 Å². The zero-order chi connectivity index (χ0) is 21.1. The molecule has 0 spiro atoms. The molecule has 1 aromatic carbocycles. The van der Waals surface area contributed by atoms with Crippen LogP contribution in [0.25, 0.3) is 0 Å². The lowest BCUT2D eigenvalue weighted by Crippen LogP contribution is -2.44. The normalized spacial score (nSPS) is 24.3. The summed E-state index contributed by atoms with van der Waals surface area (Å²) in [5.74, 6) is -7.67. The van der Waals surface area contributed by atoms with Crippen LogP contribution in [0.3, 0.4) is 0 Å². The number of rotatable bonds is 4. The van der Waals surface area contributed by atoms with Crippen molar-refractivity contribution in [2.24, 2.45) is 11.3 Å². The van der Waals surface area contributed by atoms with Crippen molar-refractivity contribution in [2.75, 3.05) is 6.54 Å². The number of carbonyl (C=O) groups is 2. The molecule has 0 unspecified atom stereocenters. The van der Waals surface area contributed by atoms with Crippen molar-refractivity contribution in [1.82, 2.24) is 4.90 Å². The van der Waals surface area contributed by atoms with Gasteiger partial charge in [0, 0.05) is 27.9 Å². The Labute approximate surface area is 165 Å². The minimum atomic E-state index is -5.01. The topological polar surface area (TPSA) is 57.6 Å². The van der Waals surface area contributed by atoms with E-state index in [-0.39, 0.29) is 4.47 Å². The molecule has 1 amide bonds. The number of hydrogen-bond donors (Lipinski definition) is 1. The summed E-state index contributed by atoms with van der Waals surface area (Å²) in [7, 11) is 0. The summed E-state index contributed by atoms with van der Waals surface area (Å²) in [6.45, 7) is 1.02. The predicted octanol–water partition coefficient (Wildman–Crippen LogP) is 4.66. The van der Waals surface area contributed by atoms with Crippen molar-refractivity contribution >= 4 is 27.8 Å². The largest absolute Gasteiger partial charge is 0.480 e. The molecule has 3 rings (SSSR count).